The van der Waals surface area contributed by atoms with Crippen molar-refractivity contribution in [2.75, 3.05) is 18.4 Å². The number of anilines is 1. The van der Waals surface area contributed by atoms with Crippen LogP contribution in [0.3, 0.4) is 0 Å². The van der Waals surface area contributed by atoms with Gasteiger partial charge in [0.1, 0.15) is 5.75 Å². The largest absolute Gasteiger partial charge is 0.481 e. The van der Waals surface area contributed by atoms with Gasteiger partial charge in [-0.25, -0.2) is 0 Å². The van der Waals surface area contributed by atoms with Crippen molar-refractivity contribution in [3.05, 3.63) is 59.2 Å². The second-order valence-electron chi connectivity index (χ2n) is 7.70. The number of nitrogens with one attached hydrogen (secondary N) is 1. The zero-order chi connectivity index (χ0) is 20.8. The molecule has 1 atom stereocenters. The minimum Gasteiger partial charge on any atom is -0.481 e. The van der Waals surface area contributed by atoms with Crippen LogP contribution in [0.4, 0.5) is 5.69 Å². The lowest BCUT2D eigenvalue weighted by atomic mass is 10.1. The maximum Gasteiger partial charge on any atom is 0.265 e. The number of aryl methyl sites for hydroxylation is 1. The summed E-state index contributed by atoms with van der Waals surface area (Å²) in [6.07, 6.45) is 3.70. The number of carbonyl (C=O) groups is 2. The number of carbonyl (C=O) groups excluding carboxylic acids is 2. The number of para-hydroxylation sites is 1. The molecule has 5 nitrogen and oxygen atoms in total. The summed E-state index contributed by atoms with van der Waals surface area (Å²) < 4.78 is 5.89. The maximum atomic E-state index is 13.0. The Morgan fingerprint density at radius 2 is 1.66 bits per heavy atom. The van der Waals surface area contributed by atoms with E-state index in [2.05, 4.69) is 5.32 Å². The second-order valence-corrected chi connectivity index (χ2v) is 7.70. The van der Waals surface area contributed by atoms with Gasteiger partial charge in [-0.1, -0.05) is 37.1 Å². The molecule has 1 heterocycles. The molecule has 2 amide bonds. The van der Waals surface area contributed by atoms with Gasteiger partial charge in [0.2, 0.25) is 0 Å². The van der Waals surface area contributed by atoms with Gasteiger partial charge in [0, 0.05) is 13.1 Å². The summed E-state index contributed by atoms with van der Waals surface area (Å²) in [4.78, 5) is 27.7. The standard InChI is InChI=1S/C24H30N2O3/c1-17-11-10-14-22(18(17)2)29-19(3)23(27)25-21-13-7-6-12-20(21)24(28)26-15-8-4-5-9-16-26/h6-7,10-14,19H,4-5,8-9,15-16H2,1-3H3,(H,25,27). The predicted octanol–water partition coefficient (Wildman–Crippen LogP) is 4.73. The van der Waals surface area contributed by atoms with Gasteiger partial charge in [-0.15, -0.1) is 0 Å². The zero-order valence-corrected chi connectivity index (χ0v) is 17.5. The lowest BCUT2D eigenvalue weighted by molar-refractivity contribution is -0.122. The van der Waals surface area contributed by atoms with Crippen molar-refractivity contribution in [2.24, 2.45) is 0 Å². The average molecular weight is 395 g/mol. The Kier molecular flexibility index (Phi) is 6.91. The molecule has 154 valence electrons. The fourth-order valence-electron chi connectivity index (χ4n) is 3.55. The van der Waals surface area contributed by atoms with E-state index >= 15 is 0 Å². The first kappa shape index (κ1) is 20.9. The van der Waals surface area contributed by atoms with Gasteiger partial charge in [-0.2, -0.15) is 0 Å². The average Bonchev–Trinajstić information content (AvgIpc) is 3.01. The molecule has 1 fully saturated rings. The van der Waals surface area contributed by atoms with Crippen molar-refractivity contribution in [1.82, 2.24) is 4.90 Å². The van der Waals surface area contributed by atoms with Gasteiger partial charge in [-0.3, -0.25) is 9.59 Å². The number of ether oxygens (including phenoxy) is 1. The van der Waals surface area contributed by atoms with Crippen LogP contribution >= 0.6 is 0 Å². The van der Waals surface area contributed by atoms with Crippen molar-refractivity contribution in [3.8, 4) is 5.75 Å². The zero-order valence-electron chi connectivity index (χ0n) is 17.5. The number of benzene rings is 2. The molecule has 0 radical (unpaired) electrons. The van der Waals surface area contributed by atoms with Crippen molar-refractivity contribution in [3.63, 3.8) is 0 Å². The molecule has 2 aromatic rings. The monoisotopic (exact) mass is 394 g/mol. The summed E-state index contributed by atoms with van der Waals surface area (Å²) in [6.45, 7) is 7.25. The molecule has 0 aliphatic carbocycles. The molecule has 1 aliphatic heterocycles. The van der Waals surface area contributed by atoms with Crippen LogP contribution in [0.15, 0.2) is 42.5 Å². The van der Waals surface area contributed by atoms with Gasteiger partial charge in [0.15, 0.2) is 6.10 Å². The molecule has 1 unspecified atom stereocenters. The first-order valence-corrected chi connectivity index (χ1v) is 10.4. The second kappa shape index (κ2) is 9.59. The summed E-state index contributed by atoms with van der Waals surface area (Å²) in [5.74, 6) is 0.398. The Bertz CT molecular complexity index is 870. The summed E-state index contributed by atoms with van der Waals surface area (Å²) >= 11 is 0. The molecular weight excluding hydrogens is 364 g/mol. The molecule has 1 N–H and O–H groups in total. The Labute approximate surface area is 173 Å². The quantitative estimate of drug-likeness (QED) is 0.798. The molecule has 1 aliphatic rings. The molecule has 29 heavy (non-hydrogen) atoms. The third-order valence-electron chi connectivity index (χ3n) is 5.54. The Hall–Kier alpha value is -2.82. The Morgan fingerprint density at radius 3 is 2.38 bits per heavy atom. The van der Waals surface area contributed by atoms with Gasteiger partial charge >= 0.3 is 0 Å². The Balaban J connectivity index is 1.71. The van der Waals surface area contributed by atoms with Crippen LogP contribution in [-0.2, 0) is 4.79 Å². The van der Waals surface area contributed by atoms with Crippen molar-refractivity contribution < 1.29 is 14.3 Å². The van der Waals surface area contributed by atoms with Crippen LogP contribution in [0, 0.1) is 13.8 Å². The number of hydrogen-bond acceptors (Lipinski definition) is 3. The molecule has 0 spiro atoms. The topological polar surface area (TPSA) is 58.6 Å². The van der Waals surface area contributed by atoms with Gasteiger partial charge in [0.25, 0.3) is 11.8 Å². The van der Waals surface area contributed by atoms with E-state index < -0.39 is 6.10 Å². The van der Waals surface area contributed by atoms with E-state index in [-0.39, 0.29) is 11.8 Å². The normalized spacial score (nSPS) is 15.3. The molecular formula is C24H30N2O3. The molecule has 3 rings (SSSR count). The van der Waals surface area contributed by atoms with Crippen molar-refractivity contribution in [2.45, 2.75) is 52.6 Å². The third-order valence-corrected chi connectivity index (χ3v) is 5.54. The number of amides is 2. The Morgan fingerprint density at radius 1 is 0.966 bits per heavy atom. The third kappa shape index (κ3) is 5.17. The number of rotatable bonds is 5. The van der Waals surface area contributed by atoms with Gasteiger partial charge in [-0.05, 0) is 62.9 Å². The fraction of sp³-hybridized carbons (Fsp3) is 0.417. The van der Waals surface area contributed by atoms with Crippen molar-refractivity contribution in [1.29, 1.82) is 0 Å². The summed E-state index contributed by atoms with van der Waals surface area (Å²) in [5.41, 5.74) is 3.19. The molecule has 0 saturated carbocycles. The smallest absolute Gasteiger partial charge is 0.265 e. The van der Waals surface area contributed by atoms with Crippen LogP contribution in [0.5, 0.6) is 5.75 Å². The summed E-state index contributed by atoms with van der Waals surface area (Å²) in [7, 11) is 0. The number of hydrogen-bond donors (Lipinski definition) is 1. The molecule has 0 bridgehead atoms. The molecule has 5 heteroatoms. The van der Waals surface area contributed by atoms with Crippen LogP contribution in [-0.4, -0.2) is 35.9 Å². The highest BCUT2D eigenvalue weighted by molar-refractivity contribution is 6.04. The number of likely N-dealkylation sites (tertiary alicyclic amines) is 1. The van der Waals surface area contributed by atoms with E-state index in [0.717, 1.165) is 49.9 Å². The summed E-state index contributed by atoms with van der Waals surface area (Å²) in [5, 5.41) is 2.89. The highest BCUT2D eigenvalue weighted by Crippen LogP contribution is 2.23. The van der Waals surface area contributed by atoms with E-state index in [0.29, 0.717) is 17.0 Å². The van der Waals surface area contributed by atoms with E-state index in [9.17, 15) is 9.59 Å². The number of nitrogens with zero attached hydrogens (tertiary/aromatic N) is 1. The SMILES string of the molecule is Cc1cccc(OC(C)C(=O)Nc2ccccc2C(=O)N2CCCCCC2)c1C. The highest BCUT2D eigenvalue weighted by Gasteiger charge is 2.22. The van der Waals surface area contributed by atoms with E-state index in [1.807, 2.05) is 49.1 Å². The first-order chi connectivity index (χ1) is 14.0. The van der Waals surface area contributed by atoms with Gasteiger partial charge in [0.05, 0.1) is 11.3 Å². The van der Waals surface area contributed by atoms with Gasteiger partial charge < -0.3 is 15.0 Å². The highest BCUT2D eigenvalue weighted by atomic mass is 16.5. The first-order valence-electron chi connectivity index (χ1n) is 10.4. The van der Waals surface area contributed by atoms with Crippen molar-refractivity contribution >= 4 is 17.5 Å². The molecule has 1 saturated heterocycles. The van der Waals surface area contributed by atoms with Crippen LogP contribution in [0.1, 0.15) is 54.1 Å². The van der Waals surface area contributed by atoms with Crippen LogP contribution in [0.2, 0.25) is 0 Å². The van der Waals surface area contributed by atoms with E-state index in [1.54, 1.807) is 19.1 Å². The van der Waals surface area contributed by atoms with Crippen LogP contribution < -0.4 is 10.1 Å². The predicted molar refractivity (Wildman–Crippen MR) is 115 cm³/mol. The molecule has 0 aromatic heterocycles. The minimum atomic E-state index is -0.683. The van der Waals surface area contributed by atoms with E-state index in [1.165, 1.54) is 0 Å². The minimum absolute atomic E-state index is 0.0223. The lowest BCUT2D eigenvalue weighted by Gasteiger charge is -2.22. The summed E-state index contributed by atoms with van der Waals surface area (Å²) in [6, 6.07) is 13.0. The molecule has 2 aromatic carbocycles. The maximum absolute atomic E-state index is 13.0. The fourth-order valence-corrected chi connectivity index (χ4v) is 3.55. The van der Waals surface area contributed by atoms with Crippen LogP contribution in [0.25, 0.3) is 0 Å². The van der Waals surface area contributed by atoms with E-state index in [4.69, 9.17) is 4.74 Å². The lowest BCUT2D eigenvalue weighted by Crippen LogP contribution is -2.34.